The highest BCUT2D eigenvalue weighted by Crippen LogP contribution is 2.32. The van der Waals surface area contributed by atoms with Gasteiger partial charge >= 0.3 is 0 Å². The lowest BCUT2D eigenvalue weighted by Crippen LogP contribution is -2.35. The third kappa shape index (κ3) is 3.24. The number of nitrogens with zero attached hydrogens (tertiary/aromatic N) is 1. The zero-order valence-corrected chi connectivity index (χ0v) is 13.9. The molecule has 1 aliphatic heterocycles. The molecule has 1 heterocycles. The molecule has 0 bridgehead atoms. The maximum absolute atomic E-state index is 14.3. The Bertz CT molecular complexity index is 803. The standard InChI is InChI=1S/C18H20FNO2S/c1-14-9-10-17(19)18-16(14)8-5-11-20(18)12-13-23(21,22)15-6-3-2-4-7-15/h2-4,6-7,9-10H,5,8,11-13H2,1H3. The lowest BCUT2D eigenvalue weighted by atomic mass is 9.97. The van der Waals surface area contributed by atoms with Crippen molar-refractivity contribution in [2.24, 2.45) is 0 Å². The van der Waals surface area contributed by atoms with Crippen LogP contribution in [0.3, 0.4) is 0 Å². The summed E-state index contributed by atoms with van der Waals surface area (Å²) in [6, 6.07) is 11.7. The first kappa shape index (κ1) is 16.0. The molecule has 0 aromatic heterocycles. The highest BCUT2D eigenvalue weighted by Gasteiger charge is 2.24. The van der Waals surface area contributed by atoms with Gasteiger partial charge in [0.2, 0.25) is 0 Å². The second-order valence-electron chi connectivity index (χ2n) is 5.91. The van der Waals surface area contributed by atoms with Gasteiger partial charge in [-0.15, -0.1) is 0 Å². The van der Waals surface area contributed by atoms with Crippen LogP contribution in [0.1, 0.15) is 17.5 Å². The van der Waals surface area contributed by atoms with Gasteiger partial charge in [-0.05, 0) is 49.1 Å². The Kier molecular flexibility index (Phi) is 4.39. The minimum atomic E-state index is -3.35. The van der Waals surface area contributed by atoms with E-state index in [2.05, 4.69) is 0 Å². The number of sulfone groups is 1. The van der Waals surface area contributed by atoms with E-state index in [9.17, 15) is 12.8 Å². The molecule has 23 heavy (non-hydrogen) atoms. The third-order valence-electron chi connectivity index (χ3n) is 4.37. The number of anilines is 1. The third-order valence-corrected chi connectivity index (χ3v) is 6.08. The smallest absolute Gasteiger partial charge is 0.180 e. The van der Waals surface area contributed by atoms with Crippen molar-refractivity contribution in [3.8, 4) is 0 Å². The van der Waals surface area contributed by atoms with Gasteiger partial charge in [-0.1, -0.05) is 24.3 Å². The van der Waals surface area contributed by atoms with Crippen molar-refractivity contribution >= 4 is 15.5 Å². The van der Waals surface area contributed by atoms with Crippen LogP contribution in [0.15, 0.2) is 47.4 Å². The fraction of sp³-hybridized carbons (Fsp3) is 0.333. The molecule has 3 nitrogen and oxygen atoms in total. The highest BCUT2D eigenvalue weighted by molar-refractivity contribution is 7.91. The summed E-state index contributed by atoms with van der Waals surface area (Å²) in [4.78, 5) is 2.20. The Morgan fingerprint density at radius 2 is 1.87 bits per heavy atom. The van der Waals surface area contributed by atoms with Gasteiger partial charge in [-0.2, -0.15) is 0 Å². The summed E-state index contributed by atoms with van der Waals surface area (Å²) in [6.07, 6.45) is 1.77. The Morgan fingerprint density at radius 3 is 2.61 bits per heavy atom. The molecular weight excluding hydrogens is 313 g/mol. The van der Waals surface area contributed by atoms with E-state index in [0.29, 0.717) is 23.7 Å². The van der Waals surface area contributed by atoms with Gasteiger partial charge < -0.3 is 4.90 Å². The van der Waals surface area contributed by atoms with E-state index >= 15 is 0 Å². The Balaban J connectivity index is 1.82. The van der Waals surface area contributed by atoms with Gasteiger partial charge in [-0.25, -0.2) is 12.8 Å². The minimum Gasteiger partial charge on any atom is -0.368 e. The van der Waals surface area contributed by atoms with Crippen molar-refractivity contribution in [2.45, 2.75) is 24.7 Å². The first-order valence-corrected chi connectivity index (χ1v) is 9.45. The van der Waals surface area contributed by atoms with Gasteiger partial charge in [0.25, 0.3) is 0 Å². The predicted octanol–water partition coefficient (Wildman–Crippen LogP) is 3.36. The van der Waals surface area contributed by atoms with Gasteiger partial charge in [0.15, 0.2) is 9.84 Å². The number of rotatable bonds is 4. The first-order valence-electron chi connectivity index (χ1n) is 7.80. The maximum atomic E-state index is 14.3. The largest absolute Gasteiger partial charge is 0.368 e. The summed E-state index contributed by atoms with van der Waals surface area (Å²) in [5, 5.41) is 0. The van der Waals surface area contributed by atoms with Crippen LogP contribution in [0.2, 0.25) is 0 Å². The second kappa shape index (κ2) is 6.32. The van der Waals surface area contributed by atoms with Crippen LogP contribution in [-0.4, -0.2) is 27.3 Å². The van der Waals surface area contributed by atoms with E-state index in [-0.39, 0.29) is 11.6 Å². The summed E-state index contributed by atoms with van der Waals surface area (Å²) in [7, 11) is -3.35. The van der Waals surface area contributed by atoms with Crippen LogP contribution >= 0.6 is 0 Å². The molecule has 0 unspecified atom stereocenters. The molecule has 0 radical (unpaired) electrons. The molecule has 0 amide bonds. The average Bonchev–Trinajstić information content (AvgIpc) is 2.57. The molecule has 0 spiro atoms. The van der Waals surface area contributed by atoms with Crippen LogP contribution in [0, 0.1) is 12.7 Å². The summed E-state index contributed by atoms with van der Waals surface area (Å²) < 4.78 is 39.1. The van der Waals surface area contributed by atoms with Crippen molar-refractivity contribution in [2.75, 3.05) is 23.7 Å². The van der Waals surface area contributed by atoms with Gasteiger partial charge in [0.1, 0.15) is 5.82 Å². The lowest BCUT2D eigenvalue weighted by Gasteiger charge is -2.32. The molecular formula is C18H20FNO2S. The summed E-state index contributed by atoms with van der Waals surface area (Å²) in [6.45, 7) is 2.98. The molecule has 1 aliphatic rings. The molecule has 5 heteroatoms. The number of aryl methyl sites for hydroxylation is 1. The monoisotopic (exact) mass is 333 g/mol. The fourth-order valence-corrected chi connectivity index (χ4v) is 4.39. The molecule has 0 saturated heterocycles. The summed E-state index contributed by atoms with van der Waals surface area (Å²) >= 11 is 0. The van der Waals surface area contributed by atoms with E-state index < -0.39 is 9.84 Å². The fourth-order valence-electron chi connectivity index (χ4n) is 3.12. The number of fused-ring (bicyclic) bond motifs is 1. The lowest BCUT2D eigenvalue weighted by molar-refractivity contribution is 0.584. The predicted molar refractivity (Wildman–Crippen MR) is 90.2 cm³/mol. The Labute approximate surface area is 136 Å². The summed E-state index contributed by atoms with van der Waals surface area (Å²) in [5.41, 5.74) is 2.66. The quantitative estimate of drug-likeness (QED) is 0.861. The van der Waals surface area contributed by atoms with E-state index in [1.54, 1.807) is 36.4 Å². The number of hydrogen-bond acceptors (Lipinski definition) is 3. The minimum absolute atomic E-state index is 0.0101. The van der Waals surface area contributed by atoms with E-state index in [1.807, 2.05) is 11.8 Å². The molecule has 0 fully saturated rings. The first-order chi connectivity index (χ1) is 11.0. The zero-order chi connectivity index (χ0) is 16.4. The Morgan fingerprint density at radius 1 is 1.13 bits per heavy atom. The number of halogens is 1. The summed E-state index contributed by atoms with van der Waals surface area (Å²) in [5.74, 6) is -0.272. The molecule has 2 aromatic rings. The van der Waals surface area contributed by atoms with E-state index in [4.69, 9.17) is 0 Å². The molecule has 122 valence electrons. The molecule has 0 N–H and O–H groups in total. The van der Waals surface area contributed by atoms with Gasteiger partial charge in [0.05, 0.1) is 16.3 Å². The highest BCUT2D eigenvalue weighted by atomic mass is 32.2. The molecule has 3 rings (SSSR count). The van der Waals surface area contributed by atoms with Crippen molar-refractivity contribution in [3.63, 3.8) is 0 Å². The van der Waals surface area contributed by atoms with Crippen LogP contribution in [0.4, 0.5) is 10.1 Å². The van der Waals surface area contributed by atoms with Crippen molar-refractivity contribution in [3.05, 3.63) is 59.4 Å². The van der Waals surface area contributed by atoms with Crippen LogP contribution in [0.5, 0.6) is 0 Å². The molecule has 0 atom stereocenters. The topological polar surface area (TPSA) is 37.4 Å². The van der Waals surface area contributed by atoms with Gasteiger partial charge in [-0.3, -0.25) is 0 Å². The van der Waals surface area contributed by atoms with Crippen LogP contribution < -0.4 is 4.90 Å². The second-order valence-corrected chi connectivity index (χ2v) is 8.02. The van der Waals surface area contributed by atoms with E-state index in [0.717, 1.165) is 24.0 Å². The zero-order valence-electron chi connectivity index (χ0n) is 13.1. The van der Waals surface area contributed by atoms with Crippen molar-refractivity contribution < 1.29 is 12.8 Å². The van der Waals surface area contributed by atoms with Crippen molar-refractivity contribution in [1.29, 1.82) is 0 Å². The van der Waals surface area contributed by atoms with Gasteiger partial charge in [0, 0.05) is 13.1 Å². The van der Waals surface area contributed by atoms with Crippen molar-refractivity contribution in [1.82, 2.24) is 0 Å². The SMILES string of the molecule is Cc1ccc(F)c2c1CCCN2CCS(=O)(=O)c1ccccc1. The number of benzene rings is 2. The maximum Gasteiger partial charge on any atom is 0.180 e. The molecule has 2 aromatic carbocycles. The molecule has 0 saturated carbocycles. The Hall–Kier alpha value is -1.88. The normalized spacial score (nSPS) is 14.6. The average molecular weight is 333 g/mol. The van der Waals surface area contributed by atoms with Crippen LogP contribution in [0.25, 0.3) is 0 Å². The number of hydrogen-bond donors (Lipinski definition) is 0. The van der Waals surface area contributed by atoms with Crippen LogP contribution in [-0.2, 0) is 16.3 Å². The molecule has 0 aliphatic carbocycles. The van der Waals surface area contributed by atoms with E-state index in [1.165, 1.54) is 6.07 Å².